The van der Waals surface area contributed by atoms with Gasteiger partial charge in [0.25, 0.3) is 0 Å². The number of carbonyl (C=O) groups is 10. The first-order valence-corrected chi connectivity index (χ1v) is 35.7. The number of aliphatic hydroxyl groups excluding tert-OH is 2. The van der Waals surface area contributed by atoms with Crippen LogP contribution in [0.2, 0.25) is 0 Å². The van der Waals surface area contributed by atoms with Crippen LogP contribution in [0.1, 0.15) is 210 Å². The molecule has 3 amide bonds. The van der Waals surface area contributed by atoms with Crippen LogP contribution in [0, 0.1) is 0 Å². The van der Waals surface area contributed by atoms with Gasteiger partial charge in [-0.15, -0.1) is 23.2 Å². The molecule has 3 aromatic rings. The number of amides is 3. The summed E-state index contributed by atoms with van der Waals surface area (Å²) in [4.78, 5) is 127. The predicted molar refractivity (Wildman–Crippen MR) is 390 cm³/mol. The van der Waals surface area contributed by atoms with Crippen LogP contribution in [-0.2, 0) is 62.4 Å². The maximum absolute atomic E-state index is 12.4. The maximum Gasteiger partial charge on any atom is 1.00 e. The standard InChI is InChI=1S/2C22H34N2O3.C14H26N2O3.C8H8O.C4H6O4.C2H4O2.CH2Cl2.CH4O.B.Na/c1-19(20-11-7-6-8-12-20)23-15-17-24(18-16-23)21(25)13-9-4-3-5-10-14-22(26)27-2;1-19(20-10-6-5-7-11-20)23-14-16-24(17-15-23)22(27)13-9-4-2-3-8-12-21(26)18-25;1-19-14(18)8-6-4-2-3-5-7-13(17)16-11-9-15-10-12-16;1-7(9)8-5-3-2-4-6-8;1-3(5)7-8-4(2)6;1-2(3)4;2-1-3;1-2;;/h6-8,11-12,19H,3-5,9-10,13-18H2,1-2H3;5-7,10-11,19,25H,2-4,8-9,12-18H2,1H3;15H,2-12H2,1H3;2-6H,1H3;1-2H3;1H3,(H,3,4);1H2;2H,1H3;;/q;;;;;;;;;+1/p-1. The van der Waals surface area contributed by atoms with Crippen molar-refractivity contribution in [2.75, 3.05) is 112 Å². The molecule has 3 aliphatic rings. The Kier molecular flexibility index (Phi) is 69.0. The summed E-state index contributed by atoms with van der Waals surface area (Å²) in [7, 11) is 3.85. The third-order valence-corrected chi connectivity index (χ3v) is 15.9. The third kappa shape index (κ3) is 56.4. The Balaban J connectivity index is -0.000000593. The Morgan fingerprint density at radius 2 is 0.723 bits per heavy atom. The number of carboxylic acids is 1. The molecule has 3 aromatic carbocycles. The van der Waals surface area contributed by atoms with Crippen LogP contribution in [0.5, 0.6) is 0 Å². The molecule has 3 saturated heterocycles. The molecule has 3 N–H and O–H groups in total. The van der Waals surface area contributed by atoms with Crippen LogP contribution in [0.25, 0.3) is 0 Å². The Bertz CT molecular complexity index is 2500. The second kappa shape index (κ2) is 68.6. The fourth-order valence-corrected chi connectivity index (χ4v) is 10.3. The molecule has 0 aliphatic carbocycles. The van der Waals surface area contributed by atoms with Gasteiger partial charge in [0.1, 0.15) is 6.61 Å². The van der Waals surface area contributed by atoms with Crippen molar-refractivity contribution < 1.29 is 112 Å². The minimum Gasteiger partial charge on any atom is -0.550 e. The van der Waals surface area contributed by atoms with E-state index in [0.29, 0.717) is 50.6 Å². The van der Waals surface area contributed by atoms with Gasteiger partial charge in [-0.3, -0.25) is 43.4 Å². The number of nitrogens with one attached hydrogen (secondary N) is 1. The topological polar surface area (TPSA) is 299 Å². The molecule has 3 aliphatic heterocycles. The van der Waals surface area contributed by atoms with E-state index in [4.69, 9.17) is 43.3 Å². The van der Waals surface area contributed by atoms with Gasteiger partial charge in [-0.2, -0.15) is 0 Å². The molecular formula is C74H117BCl2N6NaO17. The van der Waals surface area contributed by atoms with Gasteiger partial charge in [0.2, 0.25) is 17.7 Å². The fourth-order valence-electron chi connectivity index (χ4n) is 10.3. The molecule has 3 fully saturated rings. The predicted octanol–water partition coefficient (Wildman–Crippen LogP) is 6.63. The van der Waals surface area contributed by atoms with E-state index >= 15 is 0 Å². The molecular weight excluding hydrogens is 1350 g/mol. The molecule has 2 unspecified atom stereocenters. The fraction of sp³-hybridized carbons (Fsp3) is 0.622. The Morgan fingerprint density at radius 1 is 0.455 bits per heavy atom. The summed E-state index contributed by atoms with van der Waals surface area (Å²) in [6.45, 7) is 19.5. The molecule has 27 heteroatoms. The van der Waals surface area contributed by atoms with Crippen molar-refractivity contribution in [3.05, 3.63) is 108 Å². The summed E-state index contributed by atoms with van der Waals surface area (Å²) in [5.74, 6) is -1.73. The van der Waals surface area contributed by atoms with Gasteiger partial charge < -0.3 is 49.6 Å². The first-order chi connectivity index (χ1) is 47.5. The Morgan fingerprint density at radius 3 is 0.990 bits per heavy atom. The van der Waals surface area contributed by atoms with Crippen LogP contribution in [0.4, 0.5) is 0 Å². The van der Waals surface area contributed by atoms with Crippen LogP contribution < -0.4 is 40.0 Å². The number of halogens is 2. The van der Waals surface area contributed by atoms with E-state index in [1.807, 2.05) is 57.2 Å². The summed E-state index contributed by atoms with van der Waals surface area (Å²) >= 11 is 9.53. The molecule has 0 aromatic heterocycles. The second-order valence-electron chi connectivity index (χ2n) is 23.5. The molecule has 101 heavy (non-hydrogen) atoms. The van der Waals surface area contributed by atoms with E-state index < -0.39 is 17.9 Å². The third-order valence-electron chi connectivity index (χ3n) is 15.9. The number of nitrogens with zero attached hydrogens (tertiary/aromatic N) is 5. The number of hydrogen-bond acceptors (Lipinski definition) is 20. The van der Waals surface area contributed by atoms with E-state index in [9.17, 15) is 43.2 Å². The summed E-state index contributed by atoms with van der Waals surface area (Å²) < 4.78 is 9.21. The largest absolute Gasteiger partial charge is 1.00 e. The molecule has 6 rings (SSSR count). The molecule has 0 spiro atoms. The average Bonchev–Trinajstić information content (AvgIpc) is 0.894. The van der Waals surface area contributed by atoms with E-state index in [1.165, 1.54) is 25.3 Å². The van der Waals surface area contributed by atoms with Crippen molar-refractivity contribution in [2.45, 2.75) is 188 Å². The van der Waals surface area contributed by atoms with Crippen molar-refractivity contribution in [3.8, 4) is 0 Å². The zero-order valence-electron chi connectivity index (χ0n) is 62.2. The van der Waals surface area contributed by atoms with Crippen molar-refractivity contribution in [1.29, 1.82) is 0 Å². The number of esters is 2. The number of alkyl halides is 2. The van der Waals surface area contributed by atoms with Crippen molar-refractivity contribution in [1.82, 2.24) is 29.8 Å². The van der Waals surface area contributed by atoms with Gasteiger partial charge in [-0.05, 0) is 77.3 Å². The minimum atomic E-state index is -1.08. The van der Waals surface area contributed by atoms with Crippen molar-refractivity contribution in [3.63, 3.8) is 0 Å². The van der Waals surface area contributed by atoms with E-state index in [0.717, 1.165) is 208 Å². The Hall–Kier alpha value is -5.80. The van der Waals surface area contributed by atoms with Crippen molar-refractivity contribution in [2.24, 2.45) is 0 Å². The number of unbranched alkanes of at least 4 members (excludes halogenated alkanes) is 12. The maximum atomic E-state index is 12.4. The van der Waals surface area contributed by atoms with Crippen LogP contribution >= 0.6 is 23.2 Å². The Labute approximate surface area is 636 Å². The van der Waals surface area contributed by atoms with Crippen molar-refractivity contribution >= 4 is 90.7 Å². The van der Waals surface area contributed by atoms with Crippen LogP contribution in [0.15, 0.2) is 91.0 Å². The number of ether oxygens (including phenoxy) is 2. The number of aliphatic carboxylic acids is 1. The quantitative estimate of drug-likeness (QED) is 0.0120. The molecule has 3 radical (unpaired) electrons. The van der Waals surface area contributed by atoms with Gasteiger partial charge in [0, 0.05) is 170 Å². The van der Waals surface area contributed by atoms with Gasteiger partial charge >= 0.3 is 53.4 Å². The molecule has 3 heterocycles. The average molecular weight is 1470 g/mol. The number of rotatable bonds is 30. The molecule has 23 nitrogen and oxygen atoms in total. The molecule has 2 atom stereocenters. The first kappa shape index (κ1) is 102. The zero-order chi connectivity index (χ0) is 74.4. The summed E-state index contributed by atoms with van der Waals surface area (Å²) in [5, 5.41) is 28.0. The number of ketones is 2. The van der Waals surface area contributed by atoms with Gasteiger partial charge in [0.05, 0.1) is 19.6 Å². The van der Waals surface area contributed by atoms with E-state index in [2.05, 4.69) is 96.7 Å². The van der Waals surface area contributed by atoms with Gasteiger partial charge in [-0.1, -0.05) is 149 Å². The first-order valence-electron chi connectivity index (χ1n) is 34.6. The number of carboxylic acid groups (broad SMARTS) is 1. The number of benzene rings is 3. The molecule has 0 saturated carbocycles. The summed E-state index contributed by atoms with van der Waals surface area (Å²) in [5.41, 5.74) is 3.44. The van der Waals surface area contributed by atoms with E-state index in [1.54, 1.807) is 6.92 Å². The second-order valence-corrected chi connectivity index (χ2v) is 24.3. The van der Waals surface area contributed by atoms with Gasteiger partial charge in [0.15, 0.2) is 11.6 Å². The number of aliphatic hydroxyl groups is 2. The number of carbonyl (C=O) groups excluding carboxylic acids is 10. The summed E-state index contributed by atoms with van der Waals surface area (Å²) in [6.07, 6.45) is 18.3. The number of methoxy groups -OCH3 is 2. The normalized spacial score (nSPS) is 13.5. The van der Waals surface area contributed by atoms with Gasteiger partial charge in [-0.25, -0.2) is 19.4 Å². The number of hydrogen-bond donors (Lipinski definition) is 3. The van der Waals surface area contributed by atoms with E-state index in [-0.39, 0.29) is 91.1 Å². The smallest absolute Gasteiger partial charge is 0.550 e. The monoisotopic (exact) mass is 1470 g/mol. The minimum absolute atomic E-state index is 0. The van der Waals surface area contributed by atoms with Crippen LogP contribution in [0.3, 0.4) is 0 Å². The zero-order valence-corrected chi connectivity index (χ0v) is 65.7. The number of piperazine rings is 3. The van der Waals surface area contributed by atoms with Crippen LogP contribution in [-0.4, -0.2) is 214 Å². The SMILES string of the molecule is CC(=O)OOC(C)=O.CC(=O)[O-].CC(=O)c1ccccc1.CC(c1ccccc1)N1CCN(C(=O)CCCCCCCC(=O)CO)CC1.CO.COC(=O)CCCCCCCC(=O)N1CCN(C(C)c2ccccc2)CC1.COC(=O)CCCCCCCC(=O)N1CCNCC1.ClCCl.[B].[Na+]. The number of Topliss-reactive ketones (excluding diaryl/α,β-unsaturated/α-hetero) is 2. The molecule has 563 valence electrons. The summed E-state index contributed by atoms with van der Waals surface area (Å²) in [6, 6.07) is 31.1. The molecule has 0 bridgehead atoms.